The van der Waals surface area contributed by atoms with Crippen molar-refractivity contribution in [3.8, 4) is 0 Å². The molecule has 0 aliphatic heterocycles. The van der Waals surface area contributed by atoms with Crippen molar-refractivity contribution >= 4 is 13.8 Å². The Hall–Kier alpha value is -1.54. The molecule has 0 aromatic carbocycles. The Labute approximate surface area is 428 Å². The van der Waals surface area contributed by atoms with Gasteiger partial charge in [-0.2, -0.15) is 0 Å². The van der Waals surface area contributed by atoms with E-state index in [2.05, 4.69) is 62.5 Å². The molecule has 406 valence electrons. The lowest BCUT2D eigenvalue weighted by Gasteiger charge is -2.28. The number of phosphoric ester groups is 1. The molecule has 0 aromatic heterocycles. The van der Waals surface area contributed by atoms with Crippen LogP contribution >= 0.6 is 7.82 Å². The van der Waals surface area contributed by atoms with Crippen molar-refractivity contribution < 1.29 is 37.3 Å². The maximum absolute atomic E-state index is 12.8. The average Bonchev–Trinajstić information content (AvgIpc) is 3.31. The first-order valence-corrected chi connectivity index (χ1v) is 30.8. The Morgan fingerprint density at radius 3 is 1.20 bits per heavy atom. The van der Waals surface area contributed by atoms with Crippen molar-refractivity contribution in [3.63, 3.8) is 0 Å². The highest BCUT2D eigenvalue weighted by Crippen LogP contribution is 2.38. The standard InChI is InChI=1S/C60H114NO7P/c1-6-8-10-12-14-16-18-20-22-24-26-28-29-30-31-32-34-36-38-40-42-44-46-48-50-52-55-65-57-59(58-67-69(63,64)66-56-54-61(3,4)5)68-60(62)53-51-49-47-45-43-41-39-37-35-33-27-25-23-21-19-17-15-13-11-9-7-2/h18,20,24-27,29-30,59H,6-17,19,21-23,28,31-58H2,1-5H3/b20-18-,26-24-,27-25-,30-29-. The predicted octanol–water partition coefficient (Wildman–Crippen LogP) is 18.0. The number of esters is 1. The second-order valence-corrected chi connectivity index (χ2v) is 22.4. The van der Waals surface area contributed by atoms with Gasteiger partial charge in [-0.25, -0.2) is 0 Å². The summed E-state index contributed by atoms with van der Waals surface area (Å²) in [5.74, 6) is -0.334. The summed E-state index contributed by atoms with van der Waals surface area (Å²) in [6.45, 7) is 5.43. The van der Waals surface area contributed by atoms with Gasteiger partial charge in [0.05, 0.1) is 34.4 Å². The van der Waals surface area contributed by atoms with Crippen molar-refractivity contribution in [2.75, 3.05) is 54.1 Å². The lowest BCUT2D eigenvalue weighted by Crippen LogP contribution is -2.37. The molecule has 2 atom stereocenters. The monoisotopic (exact) mass is 992 g/mol. The highest BCUT2D eigenvalue weighted by Gasteiger charge is 2.20. The summed E-state index contributed by atoms with van der Waals surface area (Å²) < 4.78 is 34.9. The molecule has 9 heteroatoms. The Morgan fingerprint density at radius 2 is 0.797 bits per heavy atom. The minimum absolute atomic E-state index is 0.0249. The topological polar surface area (TPSA) is 94.1 Å². The van der Waals surface area contributed by atoms with E-state index in [4.69, 9.17) is 18.5 Å². The molecule has 0 aromatic rings. The third kappa shape index (κ3) is 57.2. The van der Waals surface area contributed by atoms with Crippen LogP contribution in [0.25, 0.3) is 0 Å². The number of carbonyl (C=O) groups excluding carboxylic acids is 1. The summed E-state index contributed by atoms with van der Waals surface area (Å²) >= 11 is 0. The Morgan fingerprint density at radius 1 is 0.449 bits per heavy atom. The first kappa shape index (κ1) is 67.5. The van der Waals surface area contributed by atoms with Crippen LogP contribution in [0.1, 0.15) is 271 Å². The van der Waals surface area contributed by atoms with Crippen LogP contribution in [-0.4, -0.2) is 70.7 Å². The van der Waals surface area contributed by atoms with Gasteiger partial charge in [0, 0.05) is 13.0 Å². The maximum atomic E-state index is 12.8. The van der Waals surface area contributed by atoms with Gasteiger partial charge in [-0.3, -0.25) is 9.36 Å². The fourth-order valence-corrected chi connectivity index (χ4v) is 9.04. The fraction of sp³-hybridized carbons (Fsp3) is 0.850. The van der Waals surface area contributed by atoms with Crippen molar-refractivity contribution in [2.24, 2.45) is 0 Å². The van der Waals surface area contributed by atoms with E-state index in [1.807, 2.05) is 21.1 Å². The molecule has 0 amide bonds. The smallest absolute Gasteiger partial charge is 0.306 e. The van der Waals surface area contributed by atoms with E-state index in [0.717, 1.165) is 44.9 Å². The number of nitrogens with zero attached hydrogens (tertiary/aromatic N) is 1. The third-order valence-corrected chi connectivity index (χ3v) is 13.8. The summed E-state index contributed by atoms with van der Waals surface area (Å²) in [4.78, 5) is 25.3. The van der Waals surface area contributed by atoms with Crippen LogP contribution in [0, 0.1) is 0 Å². The van der Waals surface area contributed by atoms with Crippen molar-refractivity contribution in [1.82, 2.24) is 0 Å². The number of likely N-dealkylation sites (N-methyl/N-ethyl adjacent to an activating group) is 1. The van der Waals surface area contributed by atoms with Crippen LogP contribution in [0.3, 0.4) is 0 Å². The van der Waals surface area contributed by atoms with Crippen LogP contribution in [-0.2, 0) is 27.9 Å². The van der Waals surface area contributed by atoms with E-state index in [-0.39, 0.29) is 25.8 Å². The molecule has 0 fully saturated rings. The first-order valence-electron chi connectivity index (χ1n) is 29.4. The first-order chi connectivity index (χ1) is 33.6. The van der Waals surface area contributed by atoms with Gasteiger partial charge in [0.1, 0.15) is 19.3 Å². The van der Waals surface area contributed by atoms with Crippen LogP contribution in [0.2, 0.25) is 0 Å². The fourth-order valence-electron chi connectivity index (χ4n) is 8.32. The highest BCUT2D eigenvalue weighted by molar-refractivity contribution is 7.45. The molecule has 0 aliphatic carbocycles. The zero-order valence-corrected chi connectivity index (χ0v) is 47.2. The number of rotatable bonds is 55. The quantitative estimate of drug-likeness (QED) is 0.0197. The summed E-state index contributed by atoms with van der Waals surface area (Å²) in [6, 6.07) is 0. The SMILES string of the molecule is CCCCCCC/C=C\C/C=C\C/C=C\CCCCCCCCCCCCCOCC(COP(=O)([O-])OCC[N+](C)(C)C)OC(=O)CCCCCCCCCCC/C=C\CCCCCCCCCC. The van der Waals surface area contributed by atoms with Gasteiger partial charge in [-0.15, -0.1) is 0 Å². The summed E-state index contributed by atoms with van der Waals surface area (Å²) in [5.41, 5.74) is 0. The number of quaternary nitrogens is 1. The number of hydrogen-bond acceptors (Lipinski definition) is 7. The Bertz CT molecular complexity index is 1240. The molecular formula is C60H114NO7P. The van der Waals surface area contributed by atoms with E-state index in [1.54, 1.807) is 0 Å². The minimum Gasteiger partial charge on any atom is -0.756 e. The van der Waals surface area contributed by atoms with E-state index >= 15 is 0 Å². The number of carbonyl (C=O) groups is 1. The van der Waals surface area contributed by atoms with Gasteiger partial charge in [-0.1, -0.05) is 236 Å². The highest BCUT2D eigenvalue weighted by atomic mass is 31.2. The number of hydrogen-bond donors (Lipinski definition) is 0. The largest absolute Gasteiger partial charge is 0.756 e. The van der Waals surface area contributed by atoms with E-state index in [1.165, 1.54) is 205 Å². The molecule has 0 bridgehead atoms. The summed E-state index contributed by atoms with van der Waals surface area (Å²) in [5, 5.41) is 0. The average molecular weight is 993 g/mol. The van der Waals surface area contributed by atoms with Crippen LogP contribution in [0.4, 0.5) is 0 Å². The maximum Gasteiger partial charge on any atom is 0.306 e. The second kappa shape index (κ2) is 52.8. The van der Waals surface area contributed by atoms with Crippen LogP contribution in [0.5, 0.6) is 0 Å². The molecule has 0 saturated carbocycles. The number of phosphoric acid groups is 1. The lowest BCUT2D eigenvalue weighted by atomic mass is 10.1. The number of unbranched alkanes of at least 4 members (excludes halogenated alkanes) is 33. The normalized spacial score (nSPS) is 13.8. The second-order valence-electron chi connectivity index (χ2n) is 21.0. The molecule has 0 aliphatic rings. The van der Waals surface area contributed by atoms with Crippen molar-refractivity contribution in [2.45, 2.75) is 277 Å². The molecule has 2 unspecified atom stereocenters. The van der Waals surface area contributed by atoms with Crippen molar-refractivity contribution in [1.29, 1.82) is 0 Å². The third-order valence-electron chi connectivity index (χ3n) is 12.9. The van der Waals surface area contributed by atoms with Gasteiger partial charge in [-0.05, 0) is 77.0 Å². The van der Waals surface area contributed by atoms with Crippen molar-refractivity contribution in [3.05, 3.63) is 48.6 Å². The molecule has 0 spiro atoms. The lowest BCUT2D eigenvalue weighted by molar-refractivity contribution is -0.870. The molecule has 69 heavy (non-hydrogen) atoms. The van der Waals surface area contributed by atoms with Gasteiger partial charge < -0.3 is 27.9 Å². The molecule has 0 heterocycles. The number of allylic oxidation sites excluding steroid dienone is 8. The zero-order valence-electron chi connectivity index (χ0n) is 46.3. The van der Waals surface area contributed by atoms with Gasteiger partial charge in [0.2, 0.25) is 0 Å². The van der Waals surface area contributed by atoms with Crippen LogP contribution < -0.4 is 4.89 Å². The van der Waals surface area contributed by atoms with Gasteiger partial charge in [0.15, 0.2) is 0 Å². The van der Waals surface area contributed by atoms with Gasteiger partial charge >= 0.3 is 5.97 Å². The van der Waals surface area contributed by atoms with Gasteiger partial charge in [0.25, 0.3) is 7.82 Å². The molecule has 8 nitrogen and oxygen atoms in total. The van der Waals surface area contributed by atoms with E-state index < -0.39 is 13.9 Å². The molecular weight excluding hydrogens is 878 g/mol. The Balaban J connectivity index is 4.07. The van der Waals surface area contributed by atoms with E-state index in [9.17, 15) is 14.3 Å². The summed E-state index contributed by atoms with van der Waals surface area (Å²) in [6.07, 6.45) is 67.2. The zero-order chi connectivity index (χ0) is 50.5. The van der Waals surface area contributed by atoms with Crippen LogP contribution in [0.15, 0.2) is 48.6 Å². The molecule has 0 radical (unpaired) electrons. The molecule has 0 saturated heterocycles. The minimum atomic E-state index is -4.54. The van der Waals surface area contributed by atoms with E-state index in [0.29, 0.717) is 24.1 Å². The molecule has 0 N–H and O–H groups in total. The Kier molecular flexibility index (Phi) is 51.6. The summed E-state index contributed by atoms with van der Waals surface area (Å²) in [7, 11) is 1.36. The number of ether oxygens (including phenoxy) is 2. The predicted molar refractivity (Wildman–Crippen MR) is 296 cm³/mol. The molecule has 0 rings (SSSR count).